The van der Waals surface area contributed by atoms with E-state index in [4.69, 9.17) is 4.74 Å². The fourth-order valence-corrected chi connectivity index (χ4v) is 3.51. The van der Waals surface area contributed by atoms with Crippen LogP contribution < -0.4 is 0 Å². The van der Waals surface area contributed by atoms with E-state index in [9.17, 15) is 18.0 Å². The second-order valence-electron chi connectivity index (χ2n) is 7.31. The van der Waals surface area contributed by atoms with Gasteiger partial charge in [0.25, 0.3) is 5.91 Å². The number of ether oxygens (including phenoxy) is 1. The van der Waals surface area contributed by atoms with Crippen LogP contribution in [0.5, 0.6) is 0 Å². The van der Waals surface area contributed by atoms with Crippen molar-refractivity contribution < 1.29 is 22.7 Å². The number of carbonyl (C=O) groups is 1. The smallest absolute Gasteiger partial charge is 0.368 e. The Balaban J connectivity index is 1.43. The van der Waals surface area contributed by atoms with Crippen LogP contribution in [0, 0.1) is 0 Å². The van der Waals surface area contributed by atoms with Crippen molar-refractivity contribution in [2.24, 2.45) is 0 Å². The van der Waals surface area contributed by atoms with E-state index in [1.54, 1.807) is 47.8 Å². The van der Waals surface area contributed by atoms with Crippen LogP contribution in [0.4, 0.5) is 13.2 Å². The fraction of sp³-hybridized carbons (Fsp3) is 0.261. The van der Waals surface area contributed by atoms with Gasteiger partial charge in [0, 0.05) is 30.7 Å². The van der Waals surface area contributed by atoms with Gasteiger partial charge in [-0.05, 0) is 41.8 Å². The van der Waals surface area contributed by atoms with Crippen molar-refractivity contribution in [2.75, 3.05) is 19.7 Å². The molecule has 0 spiro atoms. The molecule has 1 aromatic carbocycles. The number of hydrogen-bond donors (Lipinski definition) is 0. The molecule has 4 rings (SSSR count). The van der Waals surface area contributed by atoms with Crippen LogP contribution in [0.2, 0.25) is 0 Å². The molecule has 0 unspecified atom stereocenters. The van der Waals surface area contributed by atoms with Gasteiger partial charge in [-0.25, -0.2) is 0 Å². The third-order valence-corrected chi connectivity index (χ3v) is 5.12. The lowest BCUT2D eigenvalue weighted by Gasteiger charge is -2.32. The Morgan fingerprint density at radius 2 is 1.90 bits per heavy atom. The SMILES string of the molecule is O=C(c1ccncc1)N1CCO[C@H](c2ccc(Cc3cccc(C(F)(F)F)c3)cn2)C1. The molecule has 1 fully saturated rings. The van der Waals surface area contributed by atoms with Crippen molar-refractivity contribution in [1.82, 2.24) is 14.9 Å². The molecule has 0 N–H and O–H groups in total. The molecule has 0 aliphatic carbocycles. The van der Waals surface area contributed by atoms with Crippen molar-refractivity contribution in [3.63, 3.8) is 0 Å². The molecule has 0 bridgehead atoms. The molecule has 1 amide bonds. The first kappa shape index (κ1) is 21.0. The zero-order valence-corrected chi connectivity index (χ0v) is 16.5. The highest BCUT2D eigenvalue weighted by atomic mass is 19.4. The van der Waals surface area contributed by atoms with E-state index in [0.717, 1.165) is 17.7 Å². The number of alkyl halides is 3. The fourth-order valence-electron chi connectivity index (χ4n) is 3.51. The van der Waals surface area contributed by atoms with Gasteiger partial charge >= 0.3 is 6.18 Å². The predicted molar refractivity (Wildman–Crippen MR) is 107 cm³/mol. The number of halogens is 3. The van der Waals surface area contributed by atoms with E-state index in [1.165, 1.54) is 6.07 Å². The number of carbonyl (C=O) groups excluding carboxylic acids is 1. The number of pyridine rings is 2. The Hall–Kier alpha value is -3.26. The van der Waals surface area contributed by atoms with E-state index in [2.05, 4.69) is 9.97 Å². The summed E-state index contributed by atoms with van der Waals surface area (Å²) in [5, 5.41) is 0. The summed E-state index contributed by atoms with van der Waals surface area (Å²) in [7, 11) is 0. The zero-order chi connectivity index (χ0) is 21.8. The average Bonchev–Trinajstić information content (AvgIpc) is 2.79. The Morgan fingerprint density at radius 3 is 2.61 bits per heavy atom. The maximum absolute atomic E-state index is 12.9. The van der Waals surface area contributed by atoms with Gasteiger partial charge in [-0.2, -0.15) is 13.2 Å². The zero-order valence-electron chi connectivity index (χ0n) is 16.5. The quantitative estimate of drug-likeness (QED) is 0.623. The summed E-state index contributed by atoms with van der Waals surface area (Å²) in [5.41, 5.74) is 1.94. The third-order valence-electron chi connectivity index (χ3n) is 5.12. The van der Waals surface area contributed by atoms with Crippen molar-refractivity contribution in [3.05, 3.63) is 95.1 Å². The van der Waals surface area contributed by atoms with Gasteiger partial charge < -0.3 is 9.64 Å². The van der Waals surface area contributed by atoms with Gasteiger partial charge in [0.15, 0.2) is 0 Å². The van der Waals surface area contributed by atoms with Crippen LogP contribution in [0.1, 0.15) is 38.8 Å². The summed E-state index contributed by atoms with van der Waals surface area (Å²) >= 11 is 0. The van der Waals surface area contributed by atoms with Crippen molar-refractivity contribution in [3.8, 4) is 0 Å². The second kappa shape index (κ2) is 8.85. The highest BCUT2D eigenvalue weighted by molar-refractivity contribution is 5.94. The van der Waals surface area contributed by atoms with E-state index >= 15 is 0 Å². The number of morpholine rings is 1. The van der Waals surface area contributed by atoms with Gasteiger partial charge in [-0.1, -0.05) is 24.3 Å². The number of nitrogens with zero attached hydrogens (tertiary/aromatic N) is 3. The Labute approximate surface area is 177 Å². The minimum atomic E-state index is -4.37. The topological polar surface area (TPSA) is 55.3 Å². The first-order valence-electron chi connectivity index (χ1n) is 9.82. The first-order valence-corrected chi connectivity index (χ1v) is 9.82. The molecular weight excluding hydrogens is 407 g/mol. The summed E-state index contributed by atoms with van der Waals surface area (Å²) in [4.78, 5) is 22.8. The molecule has 1 aliphatic heterocycles. The average molecular weight is 427 g/mol. The summed E-state index contributed by atoms with van der Waals surface area (Å²) in [6.45, 7) is 1.27. The van der Waals surface area contributed by atoms with Crippen molar-refractivity contribution in [2.45, 2.75) is 18.7 Å². The monoisotopic (exact) mass is 427 g/mol. The molecule has 3 heterocycles. The lowest BCUT2D eigenvalue weighted by atomic mass is 10.0. The summed E-state index contributed by atoms with van der Waals surface area (Å²) in [6, 6.07) is 12.3. The minimum Gasteiger partial charge on any atom is -0.368 e. The maximum Gasteiger partial charge on any atom is 0.416 e. The maximum atomic E-state index is 12.9. The lowest BCUT2D eigenvalue weighted by Crippen LogP contribution is -2.42. The van der Waals surface area contributed by atoms with E-state index in [1.807, 2.05) is 6.07 Å². The standard InChI is InChI=1S/C23H20F3N3O2/c24-23(25,26)19-3-1-2-16(13-19)12-17-4-5-20(28-14-17)21-15-29(10-11-31-21)22(30)18-6-8-27-9-7-18/h1-9,13-14,21H,10-12,15H2/t21-/m0/s1. The summed E-state index contributed by atoms with van der Waals surface area (Å²) in [6.07, 6.45) is 0.418. The molecule has 1 atom stereocenters. The molecule has 8 heteroatoms. The number of benzene rings is 1. The number of rotatable bonds is 4. The minimum absolute atomic E-state index is 0.0862. The van der Waals surface area contributed by atoms with Crippen molar-refractivity contribution in [1.29, 1.82) is 0 Å². The van der Waals surface area contributed by atoms with Crippen LogP contribution >= 0.6 is 0 Å². The van der Waals surface area contributed by atoms with E-state index < -0.39 is 11.7 Å². The Morgan fingerprint density at radius 1 is 1.10 bits per heavy atom. The van der Waals surface area contributed by atoms with Gasteiger partial charge in [0.2, 0.25) is 0 Å². The van der Waals surface area contributed by atoms with Crippen molar-refractivity contribution >= 4 is 5.91 Å². The van der Waals surface area contributed by atoms with Crippen LogP contribution in [0.25, 0.3) is 0 Å². The molecular formula is C23H20F3N3O2. The predicted octanol–water partition coefficient (Wildman–Crippen LogP) is 4.30. The van der Waals surface area contributed by atoms with Crippen LogP contribution in [0.15, 0.2) is 67.1 Å². The number of aromatic nitrogens is 2. The number of amides is 1. The number of hydrogen-bond acceptors (Lipinski definition) is 4. The van der Waals surface area contributed by atoms with E-state index in [-0.39, 0.29) is 12.0 Å². The van der Waals surface area contributed by atoms with E-state index in [0.29, 0.717) is 42.9 Å². The second-order valence-corrected chi connectivity index (χ2v) is 7.31. The molecule has 1 saturated heterocycles. The van der Waals surface area contributed by atoms with Crippen LogP contribution in [-0.2, 0) is 17.3 Å². The molecule has 0 radical (unpaired) electrons. The van der Waals surface area contributed by atoms with Crippen LogP contribution in [-0.4, -0.2) is 40.5 Å². The van der Waals surface area contributed by atoms with Crippen LogP contribution in [0.3, 0.4) is 0 Å². The van der Waals surface area contributed by atoms with Gasteiger partial charge in [-0.3, -0.25) is 14.8 Å². The Bertz CT molecular complexity index is 1040. The molecule has 160 valence electrons. The normalized spacial score (nSPS) is 16.9. The molecule has 2 aromatic heterocycles. The summed E-state index contributed by atoms with van der Waals surface area (Å²) in [5.74, 6) is -0.0862. The van der Waals surface area contributed by atoms with Gasteiger partial charge in [0.1, 0.15) is 6.10 Å². The highest BCUT2D eigenvalue weighted by Crippen LogP contribution is 2.30. The third kappa shape index (κ3) is 5.08. The summed E-state index contributed by atoms with van der Waals surface area (Å²) < 4.78 is 44.5. The lowest BCUT2D eigenvalue weighted by molar-refractivity contribution is -0.137. The molecule has 3 aromatic rings. The molecule has 5 nitrogen and oxygen atoms in total. The van der Waals surface area contributed by atoms with Gasteiger partial charge in [0.05, 0.1) is 24.4 Å². The Kier molecular flexibility index (Phi) is 5.99. The first-order chi connectivity index (χ1) is 14.9. The largest absolute Gasteiger partial charge is 0.416 e. The van der Waals surface area contributed by atoms with Gasteiger partial charge in [-0.15, -0.1) is 0 Å². The highest BCUT2D eigenvalue weighted by Gasteiger charge is 2.30. The molecule has 1 aliphatic rings. The molecule has 31 heavy (non-hydrogen) atoms. The molecule has 0 saturated carbocycles.